The van der Waals surface area contributed by atoms with Gasteiger partial charge in [-0.15, -0.1) is 5.10 Å². The molecule has 1 heterocycles. The highest BCUT2D eigenvalue weighted by molar-refractivity contribution is 6.04. The lowest BCUT2D eigenvalue weighted by Gasteiger charge is -2.08. The number of halogens is 3. The van der Waals surface area contributed by atoms with Crippen LogP contribution in [0, 0.1) is 17.5 Å². The highest BCUT2D eigenvalue weighted by Gasteiger charge is 2.16. The van der Waals surface area contributed by atoms with Crippen molar-refractivity contribution >= 4 is 11.6 Å². The molecule has 23 heavy (non-hydrogen) atoms. The Labute approximate surface area is 127 Å². The number of nitrogens with one attached hydrogen (secondary N) is 1. The van der Waals surface area contributed by atoms with E-state index in [4.69, 9.17) is 0 Å². The van der Waals surface area contributed by atoms with Crippen LogP contribution in [0.4, 0.5) is 18.9 Å². The number of carbonyl (C=O) groups excluding carboxylic acids is 1. The summed E-state index contributed by atoms with van der Waals surface area (Å²) in [6.07, 6.45) is 1.34. The van der Waals surface area contributed by atoms with Gasteiger partial charge in [0.2, 0.25) is 0 Å². The Balaban J connectivity index is 1.87. The Morgan fingerprint density at radius 1 is 1.09 bits per heavy atom. The maximum Gasteiger partial charge on any atom is 0.255 e. The number of tetrazole rings is 1. The third-order valence-corrected chi connectivity index (χ3v) is 3.01. The largest absolute Gasteiger partial charge is 0.319 e. The molecule has 1 N–H and O–H groups in total. The number of rotatable bonds is 3. The molecule has 0 atom stereocenters. The van der Waals surface area contributed by atoms with E-state index in [1.807, 2.05) is 0 Å². The number of anilines is 1. The molecule has 3 rings (SSSR count). The van der Waals surface area contributed by atoms with Crippen molar-refractivity contribution in [2.24, 2.45) is 0 Å². The predicted octanol–water partition coefficient (Wildman–Crippen LogP) is 2.33. The molecule has 116 valence electrons. The van der Waals surface area contributed by atoms with E-state index in [1.54, 1.807) is 12.1 Å². The fourth-order valence-corrected chi connectivity index (χ4v) is 1.89. The third kappa shape index (κ3) is 2.89. The Morgan fingerprint density at radius 3 is 2.65 bits per heavy atom. The summed E-state index contributed by atoms with van der Waals surface area (Å²) in [5.41, 5.74) is 0.220. The summed E-state index contributed by atoms with van der Waals surface area (Å²) in [5.74, 6) is -5.13. The summed E-state index contributed by atoms with van der Waals surface area (Å²) in [7, 11) is 0. The minimum atomic E-state index is -1.65. The molecule has 0 fully saturated rings. The summed E-state index contributed by atoms with van der Waals surface area (Å²) < 4.78 is 41.0. The first-order valence-electron chi connectivity index (χ1n) is 6.34. The predicted molar refractivity (Wildman–Crippen MR) is 73.4 cm³/mol. The van der Waals surface area contributed by atoms with Gasteiger partial charge in [0.1, 0.15) is 6.33 Å². The quantitative estimate of drug-likeness (QED) is 0.752. The number of amides is 1. The van der Waals surface area contributed by atoms with Crippen molar-refractivity contribution < 1.29 is 18.0 Å². The van der Waals surface area contributed by atoms with Crippen molar-refractivity contribution in [2.75, 3.05) is 5.32 Å². The molecular formula is C14H8F3N5O. The summed E-state index contributed by atoms with van der Waals surface area (Å²) in [6, 6.07) is 7.84. The molecule has 0 aliphatic heterocycles. The number of nitrogens with zero attached hydrogens (tertiary/aromatic N) is 4. The first-order valence-corrected chi connectivity index (χ1v) is 6.34. The minimum Gasteiger partial charge on any atom is -0.319 e. The first-order chi connectivity index (χ1) is 11.1. The molecule has 3 aromatic rings. The van der Waals surface area contributed by atoms with E-state index in [1.165, 1.54) is 23.1 Å². The van der Waals surface area contributed by atoms with E-state index in [0.29, 0.717) is 5.69 Å². The summed E-state index contributed by atoms with van der Waals surface area (Å²) in [6.45, 7) is 0. The molecule has 0 saturated heterocycles. The number of hydrogen-bond donors (Lipinski definition) is 1. The maximum absolute atomic E-state index is 13.6. The Morgan fingerprint density at radius 2 is 1.91 bits per heavy atom. The monoisotopic (exact) mass is 319 g/mol. The van der Waals surface area contributed by atoms with Crippen molar-refractivity contribution in [1.29, 1.82) is 0 Å². The fourth-order valence-electron chi connectivity index (χ4n) is 1.89. The van der Waals surface area contributed by atoms with Gasteiger partial charge in [-0.3, -0.25) is 4.79 Å². The van der Waals surface area contributed by atoms with Gasteiger partial charge in [-0.05, 0) is 40.8 Å². The van der Waals surface area contributed by atoms with Gasteiger partial charge in [0.25, 0.3) is 5.91 Å². The van der Waals surface area contributed by atoms with Gasteiger partial charge < -0.3 is 5.32 Å². The van der Waals surface area contributed by atoms with Crippen LogP contribution in [0.15, 0.2) is 42.7 Å². The van der Waals surface area contributed by atoms with Crippen LogP contribution in [0.25, 0.3) is 5.69 Å². The topological polar surface area (TPSA) is 72.7 Å². The van der Waals surface area contributed by atoms with Crippen molar-refractivity contribution in [3.05, 3.63) is 65.7 Å². The minimum absolute atomic E-state index is 0.169. The van der Waals surface area contributed by atoms with Gasteiger partial charge in [0, 0.05) is 5.56 Å². The number of hydrogen-bond acceptors (Lipinski definition) is 4. The highest BCUT2D eigenvalue weighted by Crippen LogP contribution is 2.20. The third-order valence-electron chi connectivity index (χ3n) is 3.01. The molecule has 9 heteroatoms. The Hall–Kier alpha value is -3.23. The van der Waals surface area contributed by atoms with Crippen LogP contribution in [0.3, 0.4) is 0 Å². The average Bonchev–Trinajstić information content (AvgIpc) is 3.10. The zero-order valence-electron chi connectivity index (χ0n) is 11.4. The van der Waals surface area contributed by atoms with Gasteiger partial charge in [0.15, 0.2) is 17.5 Å². The second-order valence-corrected chi connectivity index (χ2v) is 4.48. The fraction of sp³-hybridized carbons (Fsp3) is 0. The van der Waals surface area contributed by atoms with Crippen LogP contribution in [0.5, 0.6) is 0 Å². The van der Waals surface area contributed by atoms with Crippen LogP contribution in [-0.2, 0) is 0 Å². The number of aromatic nitrogens is 4. The van der Waals surface area contributed by atoms with Gasteiger partial charge >= 0.3 is 0 Å². The lowest BCUT2D eigenvalue weighted by molar-refractivity contribution is 0.102. The van der Waals surface area contributed by atoms with Gasteiger partial charge in [0.05, 0.1) is 11.4 Å². The van der Waals surface area contributed by atoms with E-state index in [-0.39, 0.29) is 5.56 Å². The molecule has 0 aliphatic carbocycles. The molecule has 2 aromatic carbocycles. The first kappa shape index (κ1) is 14.7. The molecule has 6 nitrogen and oxygen atoms in total. The molecule has 0 bridgehead atoms. The molecular weight excluding hydrogens is 311 g/mol. The summed E-state index contributed by atoms with van der Waals surface area (Å²) in [4.78, 5) is 12.1. The smallest absolute Gasteiger partial charge is 0.255 e. The van der Waals surface area contributed by atoms with Crippen LogP contribution in [0.2, 0.25) is 0 Å². The SMILES string of the molecule is O=C(Nc1ccc(F)c(F)c1F)c1cccc(-n2cnnn2)c1. The number of benzene rings is 2. The second kappa shape index (κ2) is 5.87. The Bertz CT molecular complexity index is 867. The van der Waals surface area contributed by atoms with Gasteiger partial charge in [-0.25, -0.2) is 17.9 Å². The molecule has 0 spiro atoms. The van der Waals surface area contributed by atoms with Gasteiger partial charge in [-0.1, -0.05) is 6.07 Å². The second-order valence-electron chi connectivity index (χ2n) is 4.48. The highest BCUT2D eigenvalue weighted by atomic mass is 19.2. The summed E-state index contributed by atoms with van der Waals surface area (Å²) in [5, 5.41) is 12.8. The molecule has 1 aromatic heterocycles. The standard InChI is InChI=1S/C14H8F3N5O/c15-10-4-5-11(13(17)12(10)16)19-14(23)8-2-1-3-9(6-8)22-7-18-20-21-22/h1-7H,(H,19,23). The number of carbonyl (C=O) groups is 1. The van der Waals surface area contributed by atoms with E-state index in [0.717, 1.165) is 12.1 Å². The van der Waals surface area contributed by atoms with Gasteiger partial charge in [-0.2, -0.15) is 0 Å². The van der Waals surface area contributed by atoms with E-state index in [2.05, 4.69) is 20.8 Å². The van der Waals surface area contributed by atoms with E-state index in [9.17, 15) is 18.0 Å². The molecule has 0 radical (unpaired) electrons. The van der Waals surface area contributed by atoms with E-state index < -0.39 is 29.0 Å². The Kier molecular flexibility index (Phi) is 3.75. The van der Waals surface area contributed by atoms with Crippen molar-refractivity contribution in [1.82, 2.24) is 20.2 Å². The maximum atomic E-state index is 13.6. The van der Waals surface area contributed by atoms with Crippen molar-refractivity contribution in [3.8, 4) is 5.69 Å². The van der Waals surface area contributed by atoms with Crippen LogP contribution in [-0.4, -0.2) is 26.1 Å². The molecule has 1 amide bonds. The zero-order chi connectivity index (χ0) is 16.4. The molecule has 0 saturated carbocycles. The van der Waals surface area contributed by atoms with Crippen LogP contribution in [0.1, 0.15) is 10.4 Å². The van der Waals surface area contributed by atoms with Crippen molar-refractivity contribution in [2.45, 2.75) is 0 Å². The van der Waals surface area contributed by atoms with Crippen molar-refractivity contribution in [3.63, 3.8) is 0 Å². The normalized spacial score (nSPS) is 10.6. The zero-order valence-corrected chi connectivity index (χ0v) is 11.4. The average molecular weight is 319 g/mol. The summed E-state index contributed by atoms with van der Waals surface area (Å²) >= 11 is 0. The van der Waals surface area contributed by atoms with Crippen LogP contribution < -0.4 is 5.32 Å². The van der Waals surface area contributed by atoms with Crippen LogP contribution >= 0.6 is 0 Å². The lowest BCUT2D eigenvalue weighted by atomic mass is 10.2. The van der Waals surface area contributed by atoms with E-state index >= 15 is 0 Å². The molecule has 0 unspecified atom stereocenters. The molecule has 0 aliphatic rings. The lowest BCUT2D eigenvalue weighted by Crippen LogP contribution is -2.14.